The number of carbonyl (C=O) groups excluding carboxylic acids is 1. The monoisotopic (exact) mass is 370 g/mol. The average Bonchev–Trinajstić information content (AvgIpc) is 2.73. The predicted octanol–water partition coefficient (Wildman–Crippen LogP) is 2.59. The molecule has 0 aromatic heterocycles. The minimum absolute atomic E-state index is 0.0366. The van der Waals surface area contributed by atoms with Gasteiger partial charge in [0.2, 0.25) is 0 Å². The molecule has 1 heterocycles. The Morgan fingerprint density at radius 3 is 2.37 bits per heavy atom. The van der Waals surface area contributed by atoms with Gasteiger partial charge in [0.05, 0.1) is 20.3 Å². The first kappa shape index (κ1) is 19.2. The van der Waals surface area contributed by atoms with Crippen molar-refractivity contribution in [3.05, 3.63) is 54.1 Å². The fourth-order valence-electron chi connectivity index (χ4n) is 2.88. The van der Waals surface area contributed by atoms with Gasteiger partial charge in [0, 0.05) is 25.3 Å². The van der Waals surface area contributed by atoms with Gasteiger partial charge in [-0.25, -0.2) is 0 Å². The van der Waals surface area contributed by atoms with Crippen LogP contribution in [-0.2, 0) is 16.0 Å². The Kier molecular flexibility index (Phi) is 7.07. The number of carbonyl (C=O) groups is 1. The van der Waals surface area contributed by atoms with Crippen molar-refractivity contribution in [3.8, 4) is 11.5 Å². The maximum atomic E-state index is 12.0. The first-order chi connectivity index (χ1) is 13.2. The molecule has 27 heavy (non-hydrogen) atoms. The number of nitrogens with one attached hydrogen (secondary N) is 1. The van der Waals surface area contributed by atoms with Crippen LogP contribution in [0.2, 0.25) is 0 Å². The van der Waals surface area contributed by atoms with Crippen LogP contribution in [0.15, 0.2) is 48.5 Å². The average molecular weight is 370 g/mol. The van der Waals surface area contributed by atoms with E-state index in [-0.39, 0.29) is 12.5 Å². The summed E-state index contributed by atoms with van der Waals surface area (Å²) in [6, 6.07) is 15.1. The van der Waals surface area contributed by atoms with E-state index in [1.165, 1.54) is 5.56 Å². The van der Waals surface area contributed by atoms with Gasteiger partial charge in [0.1, 0.15) is 11.5 Å². The smallest absolute Gasteiger partial charge is 0.262 e. The molecule has 2 aromatic rings. The van der Waals surface area contributed by atoms with Crippen LogP contribution >= 0.6 is 0 Å². The summed E-state index contributed by atoms with van der Waals surface area (Å²) >= 11 is 0. The van der Waals surface area contributed by atoms with E-state index in [1.807, 2.05) is 12.1 Å². The lowest BCUT2D eigenvalue weighted by Gasteiger charge is -2.26. The van der Waals surface area contributed by atoms with Crippen LogP contribution in [0, 0.1) is 0 Å². The third kappa shape index (κ3) is 6.27. The Bertz CT molecular complexity index is 710. The Balaban J connectivity index is 1.40. The van der Waals surface area contributed by atoms with E-state index in [0.29, 0.717) is 5.75 Å². The molecule has 2 aromatic carbocycles. The highest BCUT2D eigenvalue weighted by molar-refractivity contribution is 5.91. The summed E-state index contributed by atoms with van der Waals surface area (Å²) in [7, 11) is 1.61. The molecule has 0 aliphatic carbocycles. The largest absolute Gasteiger partial charge is 0.497 e. The molecule has 1 saturated heterocycles. The van der Waals surface area contributed by atoms with Crippen molar-refractivity contribution in [2.45, 2.75) is 6.42 Å². The van der Waals surface area contributed by atoms with Crippen LogP contribution < -0.4 is 14.8 Å². The Hall–Kier alpha value is -2.57. The third-order valence-electron chi connectivity index (χ3n) is 4.49. The Morgan fingerprint density at radius 1 is 1.04 bits per heavy atom. The van der Waals surface area contributed by atoms with E-state index in [4.69, 9.17) is 14.2 Å². The van der Waals surface area contributed by atoms with Gasteiger partial charge in [-0.05, 0) is 48.4 Å². The van der Waals surface area contributed by atoms with Crippen LogP contribution in [-0.4, -0.2) is 57.4 Å². The second-order valence-corrected chi connectivity index (χ2v) is 6.41. The van der Waals surface area contributed by atoms with Crippen LogP contribution in [0.3, 0.4) is 0 Å². The normalized spacial score (nSPS) is 14.6. The maximum Gasteiger partial charge on any atom is 0.262 e. The lowest BCUT2D eigenvalue weighted by Crippen LogP contribution is -2.37. The Morgan fingerprint density at radius 2 is 1.70 bits per heavy atom. The number of hydrogen-bond acceptors (Lipinski definition) is 5. The minimum Gasteiger partial charge on any atom is -0.497 e. The predicted molar refractivity (Wildman–Crippen MR) is 105 cm³/mol. The second kappa shape index (κ2) is 9.94. The zero-order valence-corrected chi connectivity index (χ0v) is 15.6. The van der Waals surface area contributed by atoms with Crippen molar-refractivity contribution in [1.82, 2.24) is 4.90 Å². The molecule has 0 unspecified atom stereocenters. The fraction of sp³-hybridized carbons (Fsp3) is 0.381. The standard InChI is InChI=1S/C21H26N2O4/c1-25-19-6-8-20(9-7-19)27-16-21(24)22-18-4-2-17(3-5-18)10-11-23-12-14-26-15-13-23/h2-9H,10-16H2,1H3,(H,22,24). The molecule has 0 radical (unpaired) electrons. The molecule has 0 atom stereocenters. The summed E-state index contributed by atoms with van der Waals surface area (Å²) < 4.78 is 15.9. The number of morpholine rings is 1. The SMILES string of the molecule is COc1ccc(OCC(=O)Nc2ccc(CCN3CCOCC3)cc2)cc1. The molecule has 3 rings (SSSR count). The first-order valence-corrected chi connectivity index (χ1v) is 9.19. The second-order valence-electron chi connectivity index (χ2n) is 6.41. The summed E-state index contributed by atoms with van der Waals surface area (Å²) in [5, 5.41) is 2.85. The third-order valence-corrected chi connectivity index (χ3v) is 4.49. The van der Waals surface area contributed by atoms with E-state index >= 15 is 0 Å². The molecular weight excluding hydrogens is 344 g/mol. The number of ether oxygens (including phenoxy) is 3. The van der Waals surface area contributed by atoms with Crippen LogP contribution in [0.25, 0.3) is 0 Å². The zero-order valence-electron chi connectivity index (χ0n) is 15.6. The van der Waals surface area contributed by atoms with Crippen molar-refractivity contribution in [2.24, 2.45) is 0 Å². The summed E-state index contributed by atoms with van der Waals surface area (Å²) in [6.07, 6.45) is 0.995. The molecule has 1 aliphatic heterocycles. The lowest BCUT2D eigenvalue weighted by molar-refractivity contribution is -0.118. The van der Waals surface area contributed by atoms with Gasteiger partial charge < -0.3 is 19.5 Å². The molecule has 1 fully saturated rings. The van der Waals surface area contributed by atoms with Crippen molar-refractivity contribution >= 4 is 11.6 Å². The fourth-order valence-corrected chi connectivity index (χ4v) is 2.88. The number of anilines is 1. The van der Waals surface area contributed by atoms with Gasteiger partial charge in [-0.2, -0.15) is 0 Å². The summed E-state index contributed by atoms with van der Waals surface area (Å²) in [4.78, 5) is 14.5. The van der Waals surface area contributed by atoms with Gasteiger partial charge in [-0.15, -0.1) is 0 Å². The highest BCUT2D eigenvalue weighted by atomic mass is 16.5. The molecule has 1 N–H and O–H groups in total. The number of benzene rings is 2. The molecule has 6 nitrogen and oxygen atoms in total. The highest BCUT2D eigenvalue weighted by Crippen LogP contribution is 2.17. The van der Waals surface area contributed by atoms with E-state index in [2.05, 4.69) is 22.3 Å². The van der Waals surface area contributed by atoms with E-state index in [0.717, 1.165) is 50.7 Å². The number of rotatable bonds is 8. The van der Waals surface area contributed by atoms with E-state index in [1.54, 1.807) is 31.4 Å². The van der Waals surface area contributed by atoms with E-state index in [9.17, 15) is 4.79 Å². The topological polar surface area (TPSA) is 60.0 Å². The first-order valence-electron chi connectivity index (χ1n) is 9.19. The number of methoxy groups -OCH3 is 1. The van der Waals surface area contributed by atoms with Crippen molar-refractivity contribution in [1.29, 1.82) is 0 Å². The molecule has 6 heteroatoms. The number of amides is 1. The molecule has 0 saturated carbocycles. The van der Waals surface area contributed by atoms with Crippen molar-refractivity contribution < 1.29 is 19.0 Å². The van der Waals surface area contributed by atoms with Crippen molar-refractivity contribution in [2.75, 3.05) is 51.9 Å². The van der Waals surface area contributed by atoms with Crippen LogP contribution in [0.5, 0.6) is 11.5 Å². The zero-order chi connectivity index (χ0) is 18.9. The summed E-state index contributed by atoms with van der Waals surface area (Å²) in [5.41, 5.74) is 2.03. The minimum atomic E-state index is -0.188. The Labute approximate surface area is 160 Å². The molecule has 0 bridgehead atoms. The van der Waals surface area contributed by atoms with Gasteiger partial charge in [-0.3, -0.25) is 9.69 Å². The molecule has 144 valence electrons. The molecule has 1 aliphatic rings. The molecular formula is C21H26N2O4. The molecule has 1 amide bonds. The van der Waals surface area contributed by atoms with Crippen molar-refractivity contribution in [3.63, 3.8) is 0 Å². The van der Waals surface area contributed by atoms with E-state index < -0.39 is 0 Å². The lowest BCUT2D eigenvalue weighted by atomic mass is 10.1. The molecule has 0 spiro atoms. The van der Waals surface area contributed by atoms with Crippen LogP contribution in [0.1, 0.15) is 5.56 Å². The number of hydrogen-bond donors (Lipinski definition) is 1. The van der Waals surface area contributed by atoms with Gasteiger partial charge >= 0.3 is 0 Å². The van der Waals surface area contributed by atoms with Crippen LogP contribution in [0.4, 0.5) is 5.69 Å². The number of nitrogens with zero attached hydrogens (tertiary/aromatic N) is 1. The van der Waals surface area contributed by atoms with Gasteiger partial charge in [0.15, 0.2) is 6.61 Å². The maximum absolute atomic E-state index is 12.0. The quantitative estimate of drug-likeness (QED) is 0.774. The van der Waals surface area contributed by atoms with Gasteiger partial charge in [0.25, 0.3) is 5.91 Å². The summed E-state index contributed by atoms with van der Waals surface area (Å²) in [5.74, 6) is 1.19. The highest BCUT2D eigenvalue weighted by Gasteiger charge is 2.10. The van der Waals surface area contributed by atoms with Gasteiger partial charge in [-0.1, -0.05) is 12.1 Å². The summed E-state index contributed by atoms with van der Waals surface area (Å²) in [6.45, 7) is 4.65.